The molecule has 2 N–H and O–H groups in total. The third-order valence-corrected chi connectivity index (χ3v) is 13.9. The van der Waals surface area contributed by atoms with Gasteiger partial charge in [0.25, 0.3) is 0 Å². The fourth-order valence-corrected chi connectivity index (χ4v) is 10.8. The summed E-state index contributed by atoms with van der Waals surface area (Å²) in [6, 6.07) is 75.0. The van der Waals surface area contributed by atoms with Gasteiger partial charge >= 0.3 is 0 Å². The van der Waals surface area contributed by atoms with Gasteiger partial charge in [-0.15, -0.1) is 22.7 Å². The van der Waals surface area contributed by atoms with E-state index in [0.717, 1.165) is 23.6 Å². The molecule has 0 atom stereocenters. The Balaban J connectivity index is 1.03. The van der Waals surface area contributed by atoms with E-state index in [9.17, 15) is 0 Å². The number of nitrogens with zero attached hydrogens (tertiary/aromatic N) is 1. The molecule has 2 aromatic heterocycles. The van der Waals surface area contributed by atoms with Crippen LogP contribution < -0.4 is 10.6 Å². The first-order chi connectivity index (χ1) is 29.1. The van der Waals surface area contributed by atoms with Gasteiger partial charge in [0.15, 0.2) is 0 Å². The van der Waals surface area contributed by atoms with Crippen molar-refractivity contribution in [2.45, 2.75) is 6.54 Å². The van der Waals surface area contributed by atoms with Gasteiger partial charge in [0.05, 0.1) is 17.9 Å². The number of thiophene rings is 2. The van der Waals surface area contributed by atoms with Crippen molar-refractivity contribution in [3.63, 3.8) is 0 Å². The first-order valence-corrected chi connectivity index (χ1v) is 21.6. The van der Waals surface area contributed by atoms with E-state index in [1.165, 1.54) is 90.4 Å². The topological polar surface area (TPSA) is 29.3 Å². The molecule has 0 unspecified atom stereocenters. The minimum absolute atomic E-state index is 0.733. The third-order valence-electron chi connectivity index (χ3n) is 11.5. The number of nitrogen functional groups attached to an aromatic ring is 1. The summed E-state index contributed by atoms with van der Waals surface area (Å²) in [7, 11) is 0. The zero-order valence-corrected chi connectivity index (χ0v) is 33.8. The highest BCUT2D eigenvalue weighted by Gasteiger charge is 2.20. The fraction of sp³-hybridized carbons (Fsp3) is 0.0182. The van der Waals surface area contributed by atoms with Crippen LogP contribution in [-0.2, 0) is 6.54 Å². The maximum atomic E-state index is 6.51. The minimum Gasteiger partial charge on any atom is -0.397 e. The Morgan fingerprint density at radius 3 is 1.59 bits per heavy atom. The molecule has 0 aliphatic rings. The molecular weight excluding hydrogens is 753 g/mol. The molecule has 0 radical (unpaired) electrons. The largest absolute Gasteiger partial charge is 0.397 e. The lowest BCUT2D eigenvalue weighted by molar-refractivity contribution is 0.998. The van der Waals surface area contributed by atoms with Gasteiger partial charge < -0.3 is 10.6 Å². The van der Waals surface area contributed by atoms with Crippen molar-refractivity contribution in [2.24, 2.45) is 0 Å². The monoisotopic (exact) mass is 790 g/mol. The zero-order chi connectivity index (χ0) is 39.3. The summed E-state index contributed by atoms with van der Waals surface area (Å²) >= 11 is 3.71. The molecule has 0 saturated heterocycles. The molecule has 0 spiro atoms. The molecule has 9 aromatic carbocycles. The van der Waals surface area contributed by atoms with E-state index in [2.05, 4.69) is 199 Å². The van der Waals surface area contributed by atoms with Gasteiger partial charge in [0, 0.05) is 25.2 Å². The lowest BCUT2D eigenvalue weighted by atomic mass is 9.84. The van der Waals surface area contributed by atoms with E-state index in [1.54, 1.807) is 0 Å². The molecule has 2 heterocycles. The summed E-state index contributed by atoms with van der Waals surface area (Å²) in [6.07, 6.45) is 0. The van der Waals surface area contributed by atoms with Gasteiger partial charge in [-0.05, 0) is 138 Å². The van der Waals surface area contributed by atoms with E-state index in [0.29, 0.717) is 0 Å². The van der Waals surface area contributed by atoms with Crippen LogP contribution in [0.15, 0.2) is 206 Å². The molecule has 11 aromatic rings. The van der Waals surface area contributed by atoms with E-state index < -0.39 is 0 Å². The molecule has 0 fully saturated rings. The van der Waals surface area contributed by atoms with Crippen molar-refractivity contribution >= 4 is 82.8 Å². The summed E-state index contributed by atoms with van der Waals surface area (Å²) in [6.45, 7) is 0.733. The average Bonchev–Trinajstić information content (AvgIpc) is 3.98. The van der Waals surface area contributed by atoms with Crippen molar-refractivity contribution in [1.29, 1.82) is 0 Å². The lowest BCUT2D eigenvalue weighted by Crippen LogP contribution is -2.17. The highest BCUT2D eigenvalue weighted by Crippen LogP contribution is 2.47. The van der Waals surface area contributed by atoms with Crippen LogP contribution in [0.4, 0.5) is 17.1 Å². The predicted molar refractivity (Wildman–Crippen MR) is 257 cm³/mol. The Morgan fingerprint density at radius 1 is 0.373 bits per heavy atom. The molecule has 0 amide bonds. The second kappa shape index (κ2) is 14.8. The molecule has 4 heteroatoms. The second-order valence-electron chi connectivity index (χ2n) is 15.1. The Kier molecular flexibility index (Phi) is 8.80. The first kappa shape index (κ1) is 35.2. The average molecular weight is 791 g/mol. The van der Waals surface area contributed by atoms with E-state index in [-0.39, 0.29) is 0 Å². The van der Waals surface area contributed by atoms with Gasteiger partial charge in [-0.2, -0.15) is 0 Å². The Hall–Kier alpha value is -6.98. The van der Waals surface area contributed by atoms with Crippen molar-refractivity contribution in [3.8, 4) is 42.4 Å². The highest BCUT2D eigenvalue weighted by molar-refractivity contribution is 7.23. The standard InChI is InChI=1S/C55H38N2S2/c56-49-20-10-11-21-50(49)57(43-16-2-1-3-17-43)35-44-27-29-52(58-44)53-31-30-51(59-53)40-26-28-47-48(34-40)55(42-25-23-37-13-5-7-15-39(37)33-42)46-19-9-8-18-45(46)54(47)41-24-22-36-12-4-6-14-38(36)32-41/h1-34H,35,56H2. The third kappa shape index (κ3) is 6.44. The maximum absolute atomic E-state index is 6.51. The van der Waals surface area contributed by atoms with Gasteiger partial charge in [0.2, 0.25) is 0 Å². The fourth-order valence-electron chi connectivity index (χ4n) is 8.68. The number of hydrogen-bond donors (Lipinski definition) is 1. The molecule has 59 heavy (non-hydrogen) atoms. The second-order valence-corrected chi connectivity index (χ2v) is 17.3. The number of benzene rings is 9. The first-order valence-electron chi connectivity index (χ1n) is 20.0. The molecule has 0 aliphatic heterocycles. The Morgan fingerprint density at radius 2 is 0.898 bits per heavy atom. The lowest BCUT2D eigenvalue weighted by Gasteiger charge is -2.25. The van der Waals surface area contributed by atoms with E-state index in [4.69, 9.17) is 5.73 Å². The number of nitrogens with two attached hydrogens (primary N) is 1. The molecule has 11 rings (SSSR count). The smallest absolute Gasteiger partial charge is 0.0647 e. The molecule has 2 nitrogen and oxygen atoms in total. The molecule has 0 bridgehead atoms. The summed E-state index contributed by atoms with van der Waals surface area (Å²) in [5.74, 6) is 0. The zero-order valence-electron chi connectivity index (χ0n) is 32.2. The van der Waals surface area contributed by atoms with Crippen LogP contribution in [0.3, 0.4) is 0 Å². The summed E-state index contributed by atoms with van der Waals surface area (Å²) < 4.78 is 0. The highest BCUT2D eigenvalue weighted by atomic mass is 32.1. The van der Waals surface area contributed by atoms with Crippen LogP contribution in [0.25, 0.3) is 85.5 Å². The Bertz CT molecular complexity index is 3340. The number of rotatable bonds is 8. The van der Waals surface area contributed by atoms with Crippen LogP contribution in [0, 0.1) is 0 Å². The number of hydrogen-bond acceptors (Lipinski definition) is 4. The van der Waals surface area contributed by atoms with Crippen LogP contribution in [0.5, 0.6) is 0 Å². The van der Waals surface area contributed by atoms with Crippen LogP contribution in [-0.4, -0.2) is 0 Å². The van der Waals surface area contributed by atoms with E-state index >= 15 is 0 Å². The van der Waals surface area contributed by atoms with Crippen molar-refractivity contribution in [3.05, 3.63) is 211 Å². The van der Waals surface area contributed by atoms with Crippen molar-refractivity contribution < 1.29 is 0 Å². The molecule has 0 aliphatic carbocycles. The quantitative estimate of drug-likeness (QED) is 0.123. The van der Waals surface area contributed by atoms with Gasteiger partial charge in [-0.25, -0.2) is 0 Å². The maximum Gasteiger partial charge on any atom is 0.0647 e. The van der Waals surface area contributed by atoms with Crippen molar-refractivity contribution in [1.82, 2.24) is 0 Å². The molecule has 0 saturated carbocycles. The van der Waals surface area contributed by atoms with E-state index in [1.807, 2.05) is 34.8 Å². The SMILES string of the molecule is Nc1ccccc1N(Cc1ccc(-c2ccc(-c3ccc4c(-c5ccc6ccccc6c5)c5ccccc5c(-c5ccc6ccccc6c5)c4c3)s2)s1)c1ccccc1. The molecule has 280 valence electrons. The minimum atomic E-state index is 0.733. The van der Waals surface area contributed by atoms with Crippen molar-refractivity contribution in [2.75, 3.05) is 10.6 Å². The van der Waals surface area contributed by atoms with Gasteiger partial charge in [0.1, 0.15) is 0 Å². The number of para-hydroxylation sites is 3. The van der Waals surface area contributed by atoms with Gasteiger partial charge in [-0.3, -0.25) is 0 Å². The van der Waals surface area contributed by atoms with Gasteiger partial charge in [-0.1, -0.05) is 140 Å². The van der Waals surface area contributed by atoms with Crippen LogP contribution in [0.1, 0.15) is 4.88 Å². The predicted octanol–water partition coefficient (Wildman–Crippen LogP) is 16.0. The van der Waals surface area contributed by atoms with Crippen LogP contribution in [0.2, 0.25) is 0 Å². The number of fused-ring (bicyclic) bond motifs is 4. The summed E-state index contributed by atoms with van der Waals surface area (Å²) in [5, 5.41) is 10.0. The Labute approximate surface area is 351 Å². The number of anilines is 3. The van der Waals surface area contributed by atoms with Crippen LogP contribution >= 0.6 is 22.7 Å². The summed E-state index contributed by atoms with van der Waals surface area (Å²) in [4.78, 5) is 7.38. The normalized spacial score (nSPS) is 11.5. The molecular formula is C55H38N2S2. The summed E-state index contributed by atoms with van der Waals surface area (Å²) in [5.41, 5.74) is 15.7.